The molecular formula is C22H23F2N3O6. The number of nitrogens with zero attached hydrogens (tertiary/aromatic N) is 1. The molecule has 33 heavy (non-hydrogen) atoms. The maximum Gasteiger partial charge on any atom is 0.308 e. The van der Waals surface area contributed by atoms with E-state index in [4.69, 9.17) is 4.74 Å². The molecule has 0 fully saturated rings. The molecule has 0 spiro atoms. The second kappa shape index (κ2) is 11.7. The lowest BCUT2D eigenvalue weighted by Crippen LogP contribution is -2.34. The number of halogens is 2. The van der Waals surface area contributed by atoms with E-state index in [9.17, 15) is 33.3 Å². The number of hydrogen-bond donors (Lipinski definition) is 2. The number of nitrogens with one attached hydrogen (secondary N) is 2. The average Bonchev–Trinajstić information content (AvgIpc) is 2.72. The van der Waals surface area contributed by atoms with Gasteiger partial charge < -0.3 is 15.4 Å². The molecule has 9 nitrogen and oxygen atoms in total. The van der Waals surface area contributed by atoms with Gasteiger partial charge in [-0.15, -0.1) is 0 Å². The third-order valence-electron chi connectivity index (χ3n) is 4.40. The molecule has 0 heterocycles. The summed E-state index contributed by atoms with van der Waals surface area (Å²) in [6, 6.07) is 7.09. The Balaban J connectivity index is 2.06. The van der Waals surface area contributed by atoms with E-state index in [1.54, 1.807) is 13.8 Å². The number of benzene rings is 2. The van der Waals surface area contributed by atoms with Crippen LogP contribution in [0.3, 0.4) is 0 Å². The van der Waals surface area contributed by atoms with Crippen molar-refractivity contribution in [1.82, 2.24) is 10.6 Å². The van der Waals surface area contributed by atoms with E-state index in [1.165, 1.54) is 24.3 Å². The molecule has 0 saturated carbocycles. The molecule has 0 aliphatic heterocycles. The fourth-order valence-electron chi connectivity index (χ4n) is 2.99. The molecule has 1 unspecified atom stereocenters. The van der Waals surface area contributed by atoms with E-state index in [1.807, 2.05) is 0 Å². The van der Waals surface area contributed by atoms with E-state index >= 15 is 0 Å². The summed E-state index contributed by atoms with van der Waals surface area (Å²) in [5, 5.41) is 16.3. The van der Waals surface area contributed by atoms with Crippen molar-refractivity contribution < 1.29 is 32.8 Å². The largest absolute Gasteiger partial charge is 0.463 e. The standard InChI is InChI=1S/C22H23F2N3O6/c1-13(2)33-21(29)12-18(16-5-3-4-6-19(16)27(31)32)26-20(28)9-10-25-22(30)15-8-7-14(23)11-17(15)24/h3-8,11,13,18H,9-10,12H2,1-2H3,(H,25,30)(H,26,28). The number of nitro groups is 1. The van der Waals surface area contributed by atoms with Crippen LogP contribution >= 0.6 is 0 Å². The topological polar surface area (TPSA) is 128 Å². The highest BCUT2D eigenvalue weighted by Crippen LogP contribution is 2.27. The summed E-state index contributed by atoms with van der Waals surface area (Å²) < 4.78 is 31.7. The molecule has 2 aromatic rings. The van der Waals surface area contributed by atoms with Gasteiger partial charge in [0.05, 0.1) is 34.6 Å². The number of amides is 2. The molecule has 2 rings (SSSR count). The third-order valence-corrected chi connectivity index (χ3v) is 4.40. The van der Waals surface area contributed by atoms with Crippen molar-refractivity contribution in [3.63, 3.8) is 0 Å². The van der Waals surface area contributed by atoms with Gasteiger partial charge in [-0.3, -0.25) is 24.5 Å². The Morgan fingerprint density at radius 1 is 1.12 bits per heavy atom. The highest BCUT2D eigenvalue weighted by atomic mass is 19.1. The van der Waals surface area contributed by atoms with Crippen LogP contribution in [-0.4, -0.2) is 35.4 Å². The Bertz CT molecular complexity index is 1040. The number of nitro benzene ring substituents is 1. The van der Waals surface area contributed by atoms with Gasteiger partial charge >= 0.3 is 5.97 Å². The molecular weight excluding hydrogens is 440 g/mol. The van der Waals surface area contributed by atoms with Gasteiger partial charge in [0.2, 0.25) is 5.91 Å². The third kappa shape index (κ3) is 7.63. The first-order valence-electron chi connectivity index (χ1n) is 10.0. The summed E-state index contributed by atoms with van der Waals surface area (Å²) in [4.78, 5) is 47.4. The lowest BCUT2D eigenvalue weighted by atomic mass is 10.0. The number of rotatable bonds is 10. The highest BCUT2D eigenvalue weighted by Gasteiger charge is 2.26. The van der Waals surface area contributed by atoms with Crippen LogP contribution in [0.1, 0.15) is 48.7 Å². The minimum absolute atomic E-state index is 0.119. The van der Waals surface area contributed by atoms with Crippen molar-refractivity contribution in [2.45, 2.75) is 38.8 Å². The monoisotopic (exact) mass is 463 g/mol. The van der Waals surface area contributed by atoms with Crippen molar-refractivity contribution in [3.8, 4) is 0 Å². The number of carbonyl (C=O) groups excluding carboxylic acids is 3. The summed E-state index contributed by atoms with van der Waals surface area (Å²) >= 11 is 0. The molecule has 2 N–H and O–H groups in total. The molecule has 0 radical (unpaired) electrons. The number of carbonyl (C=O) groups is 3. The minimum Gasteiger partial charge on any atom is -0.463 e. The van der Waals surface area contributed by atoms with Gasteiger partial charge in [0.1, 0.15) is 11.6 Å². The van der Waals surface area contributed by atoms with Gasteiger partial charge in [-0.2, -0.15) is 0 Å². The predicted octanol–water partition coefficient (Wildman–Crippen LogP) is 3.19. The second-order valence-electron chi connectivity index (χ2n) is 7.31. The van der Waals surface area contributed by atoms with Gasteiger partial charge in [0.15, 0.2) is 0 Å². The molecule has 0 bridgehead atoms. The normalized spacial score (nSPS) is 11.5. The average molecular weight is 463 g/mol. The van der Waals surface area contributed by atoms with Crippen molar-refractivity contribution >= 4 is 23.5 Å². The molecule has 0 aromatic heterocycles. The first kappa shape index (κ1) is 25.4. The number of ether oxygens (including phenoxy) is 1. The van der Waals surface area contributed by atoms with E-state index in [2.05, 4.69) is 10.6 Å². The summed E-state index contributed by atoms with van der Waals surface area (Å²) in [6.07, 6.45) is -1.02. The van der Waals surface area contributed by atoms with Gasteiger partial charge in [0.25, 0.3) is 11.6 Å². The Kier molecular flexibility index (Phi) is 8.96. The highest BCUT2D eigenvalue weighted by molar-refractivity contribution is 5.94. The summed E-state index contributed by atoms with van der Waals surface area (Å²) in [5.74, 6) is -3.99. The van der Waals surface area contributed by atoms with Gasteiger partial charge in [0, 0.05) is 25.1 Å². The van der Waals surface area contributed by atoms with Crippen LogP contribution in [-0.2, 0) is 14.3 Å². The number of hydrogen-bond acceptors (Lipinski definition) is 6. The summed E-state index contributed by atoms with van der Waals surface area (Å²) in [7, 11) is 0. The smallest absolute Gasteiger partial charge is 0.308 e. The molecule has 2 amide bonds. The van der Waals surface area contributed by atoms with Crippen molar-refractivity contribution in [2.24, 2.45) is 0 Å². The van der Waals surface area contributed by atoms with Crippen molar-refractivity contribution in [3.05, 3.63) is 75.3 Å². The number of para-hydroxylation sites is 1. The Hall–Kier alpha value is -3.89. The van der Waals surface area contributed by atoms with Crippen LogP contribution in [0.2, 0.25) is 0 Å². The second-order valence-corrected chi connectivity index (χ2v) is 7.31. The Labute approximate surface area is 188 Å². The Morgan fingerprint density at radius 3 is 2.45 bits per heavy atom. The first-order valence-corrected chi connectivity index (χ1v) is 10.0. The molecule has 0 aliphatic carbocycles. The van der Waals surface area contributed by atoms with Crippen LogP contribution < -0.4 is 10.6 Å². The van der Waals surface area contributed by atoms with Gasteiger partial charge in [-0.25, -0.2) is 8.78 Å². The van der Waals surface area contributed by atoms with Crippen LogP contribution in [0, 0.1) is 21.7 Å². The maximum atomic E-state index is 13.7. The molecule has 0 saturated heterocycles. The number of esters is 1. The zero-order chi connectivity index (χ0) is 24.5. The zero-order valence-electron chi connectivity index (χ0n) is 18.0. The van der Waals surface area contributed by atoms with Crippen LogP contribution in [0.5, 0.6) is 0 Å². The van der Waals surface area contributed by atoms with Crippen molar-refractivity contribution in [2.75, 3.05) is 6.54 Å². The van der Waals surface area contributed by atoms with Crippen LogP contribution in [0.15, 0.2) is 42.5 Å². The molecule has 2 aromatic carbocycles. The van der Waals surface area contributed by atoms with E-state index < -0.39 is 46.5 Å². The van der Waals surface area contributed by atoms with Crippen LogP contribution in [0.4, 0.5) is 14.5 Å². The quantitative estimate of drug-likeness (QED) is 0.316. The molecule has 0 aliphatic rings. The zero-order valence-corrected chi connectivity index (χ0v) is 18.0. The molecule has 11 heteroatoms. The molecule has 176 valence electrons. The minimum atomic E-state index is -1.05. The summed E-state index contributed by atoms with van der Waals surface area (Å²) in [5.41, 5.74) is -0.541. The van der Waals surface area contributed by atoms with E-state index in [0.29, 0.717) is 6.07 Å². The maximum absolute atomic E-state index is 13.7. The fourth-order valence-corrected chi connectivity index (χ4v) is 2.99. The lowest BCUT2D eigenvalue weighted by Gasteiger charge is -2.19. The lowest BCUT2D eigenvalue weighted by molar-refractivity contribution is -0.385. The van der Waals surface area contributed by atoms with Gasteiger partial charge in [-0.05, 0) is 26.0 Å². The molecule has 1 atom stereocenters. The van der Waals surface area contributed by atoms with Crippen molar-refractivity contribution in [1.29, 1.82) is 0 Å². The fraction of sp³-hybridized carbons (Fsp3) is 0.318. The van der Waals surface area contributed by atoms with E-state index in [-0.39, 0.29) is 36.2 Å². The van der Waals surface area contributed by atoms with Crippen LogP contribution in [0.25, 0.3) is 0 Å². The Morgan fingerprint density at radius 2 is 1.82 bits per heavy atom. The van der Waals surface area contributed by atoms with E-state index in [0.717, 1.165) is 12.1 Å². The first-order chi connectivity index (χ1) is 15.6. The SMILES string of the molecule is CC(C)OC(=O)CC(NC(=O)CCNC(=O)c1ccc(F)cc1F)c1ccccc1[N+](=O)[O-]. The van der Waals surface area contributed by atoms with Gasteiger partial charge in [-0.1, -0.05) is 18.2 Å². The summed E-state index contributed by atoms with van der Waals surface area (Å²) in [6.45, 7) is 3.09. The predicted molar refractivity (Wildman–Crippen MR) is 113 cm³/mol.